The number of amides is 1. The molecule has 1 saturated carbocycles. The van der Waals surface area contributed by atoms with E-state index in [4.69, 9.17) is 14.2 Å². The molecule has 6 nitrogen and oxygen atoms in total. The number of rotatable bonds is 8. The maximum absolute atomic E-state index is 12.3. The second-order valence-corrected chi connectivity index (χ2v) is 7.35. The summed E-state index contributed by atoms with van der Waals surface area (Å²) in [5.74, 6) is 1.41. The Balaban J connectivity index is 1.48. The summed E-state index contributed by atoms with van der Waals surface area (Å²) < 4.78 is 16.5. The molecule has 0 aromatic heterocycles. The summed E-state index contributed by atoms with van der Waals surface area (Å²) in [5.41, 5.74) is 0.0802. The lowest BCUT2D eigenvalue weighted by atomic mass is 9.79. The van der Waals surface area contributed by atoms with Crippen LogP contribution in [0, 0.1) is 0 Å². The SMILES string of the molecule is CCOc1ccc(OCC(=O)NCC2(N3CCOCC3)CCCCC2)cc1. The summed E-state index contributed by atoms with van der Waals surface area (Å²) >= 11 is 0. The maximum Gasteiger partial charge on any atom is 0.258 e. The summed E-state index contributed by atoms with van der Waals surface area (Å²) in [7, 11) is 0. The van der Waals surface area contributed by atoms with Crippen LogP contribution in [0.5, 0.6) is 11.5 Å². The van der Waals surface area contributed by atoms with Crippen molar-refractivity contribution < 1.29 is 19.0 Å². The van der Waals surface area contributed by atoms with Gasteiger partial charge in [0.2, 0.25) is 0 Å². The van der Waals surface area contributed by atoms with Gasteiger partial charge in [0.15, 0.2) is 6.61 Å². The van der Waals surface area contributed by atoms with Crippen LogP contribution in [0.3, 0.4) is 0 Å². The van der Waals surface area contributed by atoms with E-state index in [2.05, 4.69) is 10.2 Å². The Kier molecular flexibility index (Phi) is 7.35. The molecule has 1 aliphatic carbocycles. The fraction of sp³-hybridized carbons (Fsp3) is 0.667. The Hall–Kier alpha value is -1.79. The van der Waals surface area contributed by atoms with E-state index in [1.165, 1.54) is 19.3 Å². The highest BCUT2D eigenvalue weighted by molar-refractivity contribution is 5.77. The predicted octanol–water partition coefficient (Wildman–Crippen LogP) is 2.62. The van der Waals surface area contributed by atoms with Gasteiger partial charge in [0.25, 0.3) is 5.91 Å². The summed E-state index contributed by atoms with van der Waals surface area (Å²) in [4.78, 5) is 14.9. The van der Waals surface area contributed by atoms with Gasteiger partial charge in [-0.25, -0.2) is 0 Å². The van der Waals surface area contributed by atoms with Gasteiger partial charge in [0, 0.05) is 25.2 Å². The zero-order valence-electron chi connectivity index (χ0n) is 16.4. The largest absolute Gasteiger partial charge is 0.494 e. The highest BCUT2D eigenvalue weighted by Gasteiger charge is 2.38. The topological polar surface area (TPSA) is 60.0 Å². The van der Waals surface area contributed by atoms with Crippen LogP contribution in [0.2, 0.25) is 0 Å². The van der Waals surface area contributed by atoms with Crippen LogP contribution in [0.1, 0.15) is 39.0 Å². The van der Waals surface area contributed by atoms with Crippen LogP contribution in [-0.4, -0.2) is 62.4 Å². The minimum Gasteiger partial charge on any atom is -0.494 e. The van der Waals surface area contributed by atoms with Crippen LogP contribution in [0.4, 0.5) is 0 Å². The molecule has 0 unspecified atom stereocenters. The van der Waals surface area contributed by atoms with Crippen molar-refractivity contribution in [2.24, 2.45) is 0 Å². The Morgan fingerprint density at radius 1 is 1.07 bits per heavy atom. The molecular formula is C21H32N2O4. The molecule has 1 aromatic rings. The smallest absolute Gasteiger partial charge is 0.258 e. The van der Waals surface area contributed by atoms with E-state index in [-0.39, 0.29) is 18.1 Å². The first-order valence-electron chi connectivity index (χ1n) is 10.2. The molecule has 1 saturated heterocycles. The minimum atomic E-state index is -0.0675. The molecule has 0 atom stereocenters. The zero-order valence-corrected chi connectivity index (χ0v) is 16.4. The number of ether oxygens (including phenoxy) is 3. The molecule has 1 aromatic carbocycles. The molecule has 0 radical (unpaired) electrons. The number of carbonyl (C=O) groups is 1. The van der Waals surface area contributed by atoms with Crippen molar-refractivity contribution in [2.45, 2.75) is 44.6 Å². The van der Waals surface area contributed by atoms with Crippen molar-refractivity contribution in [3.8, 4) is 11.5 Å². The van der Waals surface area contributed by atoms with E-state index in [0.717, 1.165) is 44.9 Å². The molecule has 0 bridgehead atoms. The third-order valence-electron chi connectivity index (χ3n) is 5.59. The van der Waals surface area contributed by atoms with Crippen molar-refractivity contribution in [3.05, 3.63) is 24.3 Å². The van der Waals surface area contributed by atoms with Gasteiger partial charge in [-0.3, -0.25) is 9.69 Å². The van der Waals surface area contributed by atoms with Crippen LogP contribution in [-0.2, 0) is 9.53 Å². The van der Waals surface area contributed by atoms with E-state index in [1.54, 1.807) is 0 Å². The number of carbonyl (C=O) groups excluding carboxylic acids is 1. The molecule has 1 heterocycles. The second-order valence-electron chi connectivity index (χ2n) is 7.35. The molecule has 1 aliphatic heterocycles. The van der Waals surface area contributed by atoms with E-state index >= 15 is 0 Å². The maximum atomic E-state index is 12.3. The molecule has 1 N–H and O–H groups in total. The zero-order chi connectivity index (χ0) is 19.0. The van der Waals surface area contributed by atoms with E-state index in [1.807, 2.05) is 31.2 Å². The van der Waals surface area contributed by atoms with Gasteiger partial charge in [0.05, 0.1) is 19.8 Å². The number of hydrogen-bond donors (Lipinski definition) is 1. The number of benzene rings is 1. The van der Waals surface area contributed by atoms with Gasteiger partial charge in [-0.15, -0.1) is 0 Å². The Labute approximate surface area is 162 Å². The van der Waals surface area contributed by atoms with Gasteiger partial charge >= 0.3 is 0 Å². The fourth-order valence-electron chi connectivity index (χ4n) is 4.11. The highest BCUT2D eigenvalue weighted by atomic mass is 16.5. The van der Waals surface area contributed by atoms with E-state index < -0.39 is 0 Å². The summed E-state index contributed by atoms with van der Waals surface area (Å²) in [6, 6.07) is 7.36. The van der Waals surface area contributed by atoms with Gasteiger partial charge in [0.1, 0.15) is 11.5 Å². The standard InChI is InChI=1S/C21H32N2O4/c1-2-26-18-6-8-19(9-7-18)27-16-20(24)22-17-21(10-4-3-5-11-21)23-12-14-25-15-13-23/h6-9H,2-5,10-17H2,1H3,(H,22,24). The lowest BCUT2D eigenvalue weighted by Gasteiger charge is -2.48. The van der Waals surface area contributed by atoms with Crippen molar-refractivity contribution in [1.29, 1.82) is 0 Å². The first kappa shape index (κ1) is 20.0. The molecule has 2 aliphatic rings. The van der Waals surface area contributed by atoms with Gasteiger partial charge in [-0.1, -0.05) is 19.3 Å². The minimum absolute atomic E-state index is 0.0349. The third-order valence-corrected chi connectivity index (χ3v) is 5.59. The lowest BCUT2D eigenvalue weighted by Crippen LogP contribution is -2.60. The average Bonchev–Trinajstić information content (AvgIpc) is 2.73. The monoisotopic (exact) mass is 376 g/mol. The summed E-state index contributed by atoms with van der Waals surface area (Å²) in [6.45, 7) is 6.80. The van der Waals surface area contributed by atoms with Crippen LogP contribution >= 0.6 is 0 Å². The predicted molar refractivity (Wildman–Crippen MR) is 104 cm³/mol. The summed E-state index contributed by atoms with van der Waals surface area (Å²) in [6.07, 6.45) is 6.05. The fourth-order valence-corrected chi connectivity index (χ4v) is 4.11. The highest BCUT2D eigenvalue weighted by Crippen LogP contribution is 2.33. The summed E-state index contributed by atoms with van der Waals surface area (Å²) in [5, 5.41) is 3.12. The van der Waals surface area contributed by atoms with Gasteiger partial charge in [-0.2, -0.15) is 0 Å². The lowest BCUT2D eigenvalue weighted by molar-refractivity contribution is -0.124. The Morgan fingerprint density at radius 2 is 1.70 bits per heavy atom. The average molecular weight is 376 g/mol. The Morgan fingerprint density at radius 3 is 2.33 bits per heavy atom. The van der Waals surface area contributed by atoms with Crippen LogP contribution < -0.4 is 14.8 Å². The molecule has 150 valence electrons. The van der Waals surface area contributed by atoms with E-state index in [0.29, 0.717) is 18.9 Å². The van der Waals surface area contributed by atoms with Crippen molar-refractivity contribution in [1.82, 2.24) is 10.2 Å². The van der Waals surface area contributed by atoms with Crippen molar-refractivity contribution >= 4 is 5.91 Å². The number of nitrogens with zero attached hydrogens (tertiary/aromatic N) is 1. The van der Waals surface area contributed by atoms with Crippen molar-refractivity contribution in [2.75, 3.05) is 46.1 Å². The van der Waals surface area contributed by atoms with Gasteiger partial charge in [-0.05, 0) is 44.0 Å². The quantitative estimate of drug-likeness (QED) is 0.756. The van der Waals surface area contributed by atoms with Crippen LogP contribution in [0.15, 0.2) is 24.3 Å². The first-order valence-corrected chi connectivity index (χ1v) is 10.2. The van der Waals surface area contributed by atoms with E-state index in [9.17, 15) is 4.79 Å². The molecule has 0 spiro atoms. The van der Waals surface area contributed by atoms with Crippen molar-refractivity contribution in [3.63, 3.8) is 0 Å². The molecule has 1 amide bonds. The van der Waals surface area contributed by atoms with Gasteiger partial charge < -0.3 is 19.5 Å². The number of nitrogens with one attached hydrogen (secondary N) is 1. The third kappa shape index (κ3) is 5.59. The molecule has 6 heteroatoms. The molecule has 27 heavy (non-hydrogen) atoms. The normalized spacial score (nSPS) is 20.0. The molecule has 3 rings (SSSR count). The Bertz CT molecular complexity index is 578. The molecule has 2 fully saturated rings. The molecular weight excluding hydrogens is 344 g/mol. The number of morpholine rings is 1. The second kappa shape index (κ2) is 9.95. The first-order chi connectivity index (χ1) is 13.2. The number of hydrogen-bond acceptors (Lipinski definition) is 5. The van der Waals surface area contributed by atoms with Crippen LogP contribution in [0.25, 0.3) is 0 Å².